The highest BCUT2D eigenvalue weighted by atomic mass is 16.5. The highest BCUT2D eigenvalue weighted by Gasteiger charge is 2.59. The average Bonchev–Trinajstić information content (AvgIpc) is 2.70. The van der Waals surface area contributed by atoms with E-state index in [1.807, 2.05) is 7.05 Å². The molecule has 0 bridgehead atoms. The lowest BCUT2D eigenvalue weighted by molar-refractivity contribution is -0.144. The van der Waals surface area contributed by atoms with Crippen LogP contribution in [0.3, 0.4) is 0 Å². The van der Waals surface area contributed by atoms with E-state index in [1.165, 1.54) is 0 Å². The van der Waals surface area contributed by atoms with Crippen LogP contribution in [0.5, 0.6) is 0 Å². The first-order chi connectivity index (χ1) is 7.00. The highest BCUT2D eigenvalue weighted by Crippen LogP contribution is 2.39. The van der Waals surface area contributed by atoms with Crippen LogP contribution in [0.1, 0.15) is 26.7 Å². The Labute approximate surface area is 90.8 Å². The third-order valence-electron chi connectivity index (χ3n) is 3.77. The van der Waals surface area contributed by atoms with Gasteiger partial charge < -0.3 is 15.4 Å². The minimum Gasteiger partial charge on any atom is -0.363 e. The van der Waals surface area contributed by atoms with Crippen molar-refractivity contribution >= 4 is 5.91 Å². The molecule has 0 saturated carbocycles. The van der Waals surface area contributed by atoms with Gasteiger partial charge in [-0.1, -0.05) is 13.8 Å². The zero-order valence-electron chi connectivity index (χ0n) is 9.69. The van der Waals surface area contributed by atoms with E-state index in [9.17, 15) is 4.79 Å². The summed E-state index contributed by atoms with van der Waals surface area (Å²) in [5.74, 6) is 0.448. The summed E-state index contributed by atoms with van der Waals surface area (Å²) < 4.78 is 5.66. The van der Waals surface area contributed by atoms with Crippen LogP contribution in [0, 0.1) is 5.92 Å². The van der Waals surface area contributed by atoms with Gasteiger partial charge in [-0.3, -0.25) is 4.79 Å². The molecule has 4 nitrogen and oxygen atoms in total. The number of likely N-dealkylation sites (tertiary alicyclic amines) is 1. The molecule has 2 heterocycles. The summed E-state index contributed by atoms with van der Waals surface area (Å²) in [6.45, 7) is 4.86. The van der Waals surface area contributed by atoms with Crippen molar-refractivity contribution in [2.24, 2.45) is 11.7 Å². The number of nitrogens with two attached hydrogens (primary N) is 1. The number of nitrogens with zero attached hydrogens (tertiary/aromatic N) is 1. The molecule has 1 amide bonds. The molecule has 2 saturated heterocycles. The molecule has 2 aliphatic rings. The molecule has 86 valence electrons. The van der Waals surface area contributed by atoms with Crippen LogP contribution in [0.15, 0.2) is 0 Å². The van der Waals surface area contributed by atoms with Crippen LogP contribution >= 0.6 is 0 Å². The van der Waals surface area contributed by atoms with Crippen LogP contribution in [-0.4, -0.2) is 42.1 Å². The van der Waals surface area contributed by atoms with Gasteiger partial charge in [-0.2, -0.15) is 0 Å². The van der Waals surface area contributed by atoms with Gasteiger partial charge in [-0.05, 0) is 18.8 Å². The first kappa shape index (κ1) is 10.9. The summed E-state index contributed by atoms with van der Waals surface area (Å²) in [5, 5.41) is 0. The van der Waals surface area contributed by atoms with Crippen LogP contribution in [0.2, 0.25) is 0 Å². The maximum Gasteiger partial charge on any atom is 0.256 e. The summed E-state index contributed by atoms with van der Waals surface area (Å²) in [5.41, 5.74) is 5.51. The molecular formula is C11H20N2O2. The number of hydrogen-bond acceptors (Lipinski definition) is 3. The molecule has 0 aromatic heterocycles. The van der Waals surface area contributed by atoms with Gasteiger partial charge in [-0.25, -0.2) is 0 Å². The van der Waals surface area contributed by atoms with Crippen molar-refractivity contribution in [3.63, 3.8) is 0 Å². The molecule has 0 aromatic rings. The number of ether oxygens (including phenoxy) is 1. The Morgan fingerprint density at radius 2 is 2.27 bits per heavy atom. The lowest BCUT2D eigenvalue weighted by Crippen LogP contribution is -2.52. The zero-order valence-corrected chi connectivity index (χ0v) is 9.69. The van der Waals surface area contributed by atoms with E-state index < -0.39 is 5.60 Å². The molecule has 3 unspecified atom stereocenters. The second-order valence-electron chi connectivity index (χ2n) is 5.02. The predicted molar refractivity (Wildman–Crippen MR) is 57.3 cm³/mol. The van der Waals surface area contributed by atoms with Gasteiger partial charge in [0.2, 0.25) is 0 Å². The third kappa shape index (κ3) is 1.31. The fourth-order valence-corrected chi connectivity index (χ4v) is 3.05. The molecule has 4 heteroatoms. The van der Waals surface area contributed by atoms with Crippen molar-refractivity contribution in [1.29, 1.82) is 0 Å². The van der Waals surface area contributed by atoms with Gasteiger partial charge in [-0.15, -0.1) is 0 Å². The lowest BCUT2D eigenvalue weighted by atomic mass is 9.87. The Morgan fingerprint density at radius 1 is 1.60 bits per heavy atom. The highest BCUT2D eigenvalue weighted by molar-refractivity contribution is 5.89. The summed E-state index contributed by atoms with van der Waals surface area (Å²) in [4.78, 5) is 14.0. The Kier molecular flexibility index (Phi) is 2.51. The number of amides is 1. The van der Waals surface area contributed by atoms with Gasteiger partial charge in [0.05, 0.1) is 12.1 Å². The number of carbonyl (C=O) groups is 1. The number of carbonyl (C=O) groups excluding carboxylic acids is 1. The second kappa shape index (κ2) is 3.46. The van der Waals surface area contributed by atoms with Crippen LogP contribution in [0.4, 0.5) is 0 Å². The second-order valence-corrected chi connectivity index (χ2v) is 5.02. The van der Waals surface area contributed by atoms with E-state index in [1.54, 1.807) is 4.90 Å². The molecule has 0 aliphatic carbocycles. The predicted octanol–water partition coefficient (Wildman–Crippen LogP) is 0.359. The molecule has 3 atom stereocenters. The summed E-state index contributed by atoms with van der Waals surface area (Å²) in [6, 6.07) is -0.0758. The smallest absolute Gasteiger partial charge is 0.256 e. The molecule has 2 rings (SSSR count). The number of hydrogen-bond donors (Lipinski definition) is 1. The van der Waals surface area contributed by atoms with E-state index >= 15 is 0 Å². The summed E-state index contributed by atoms with van der Waals surface area (Å²) in [6.07, 6.45) is 1.72. The Morgan fingerprint density at radius 3 is 2.67 bits per heavy atom. The van der Waals surface area contributed by atoms with Crippen molar-refractivity contribution < 1.29 is 9.53 Å². The van der Waals surface area contributed by atoms with E-state index in [4.69, 9.17) is 10.5 Å². The molecule has 2 fully saturated rings. The maximum absolute atomic E-state index is 12.2. The maximum atomic E-state index is 12.2. The van der Waals surface area contributed by atoms with Crippen LogP contribution in [-0.2, 0) is 9.53 Å². The Balaban J connectivity index is 2.32. The molecule has 2 aliphatic heterocycles. The molecule has 0 radical (unpaired) electrons. The molecular weight excluding hydrogens is 192 g/mol. The summed E-state index contributed by atoms with van der Waals surface area (Å²) in [7, 11) is 1.84. The minimum absolute atomic E-state index is 0.0752. The van der Waals surface area contributed by atoms with Crippen LogP contribution < -0.4 is 5.73 Å². The van der Waals surface area contributed by atoms with Crippen molar-refractivity contribution in [3.05, 3.63) is 0 Å². The van der Waals surface area contributed by atoms with E-state index in [0.29, 0.717) is 12.5 Å². The topological polar surface area (TPSA) is 55.6 Å². The molecule has 15 heavy (non-hydrogen) atoms. The van der Waals surface area contributed by atoms with Crippen molar-refractivity contribution in [3.8, 4) is 0 Å². The fourth-order valence-electron chi connectivity index (χ4n) is 3.05. The minimum atomic E-state index is -0.705. The van der Waals surface area contributed by atoms with E-state index in [-0.39, 0.29) is 18.0 Å². The monoisotopic (exact) mass is 212 g/mol. The number of rotatable bonds is 1. The first-order valence-electron chi connectivity index (χ1n) is 5.67. The SMILES string of the molecule is CC(C)C1C(N)C2(CCCO2)C(=O)N1C. The Bertz CT molecular complexity index is 272. The number of likely N-dealkylation sites (N-methyl/N-ethyl adjacent to an activating group) is 1. The quantitative estimate of drug-likeness (QED) is 0.683. The van der Waals surface area contributed by atoms with E-state index in [0.717, 1.165) is 12.8 Å². The van der Waals surface area contributed by atoms with Gasteiger partial charge in [0.1, 0.15) is 0 Å². The molecule has 0 aromatic carbocycles. The van der Waals surface area contributed by atoms with Gasteiger partial charge in [0.15, 0.2) is 5.60 Å². The van der Waals surface area contributed by atoms with Crippen molar-refractivity contribution in [2.45, 2.75) is 44.4 Å². The van der Waals surface area contributed by atoms with Gasteiger partial charge >= 0.3 is 0 Å². The largest absolute Gasteiger partial charge is 0.363 e. The lowest BCUT2D eigenvalue weighted by Gasteiger charge is -2.28. The first-order valence-corrected chi connectivity index (χ1v) is 5.67. The Hall–Kier alpha value is -0.610. The van der Waals surface area contributed by atoms with Crippen molar-refractivity contribution in [1.82, 2.24) is 4.90 Å². The van der Waals surface area contributed by atoms with E-state index in [2.05, 4.69) is 13.8 Å². The summed E-state index contributed by atoms with van der Waals surface area (Å²) >= 11 is 0. The average molecular weight is 212 g/mol. The normalized spacial score (nSPS) is 41.1. The fraction of sp³-hybridized carbons (Fsp3) is 0.909. The van der Waals surface area contributed by atoms with Gasteiger partial charge in [0.25, 0.3) is 5.91 Å². The van der Waals surface area contributed by atoms with Gasteiger partial charge in [0, 0.05) is 13.7 Å². The van der Waals surface area contributed by atoms with Crippen LogP contribution in [0.25, 0.3) is 0 Å². The zero-order chi connectivity index (χ0) is 11.2. The standard InChI is InChI=1S/C11H20N2O2/c1-7(2)8-9(12)11(5-4-6-15-11)10(14)13(8)3/h7-9H,4-6,12H2,1-3H3. The van der Waals surface area contributed by atoms with Crippen molar-refractivity contribution in [2.75, 3.05) is 13.7 Å². The molecule has 2 N–H and O–H groups in total. The third-order valence-corrected chi connectivity index (χ3v) is 3.77. The molecule has 1 spiro atoms.